The summed E-state index contributed by atoms with van der Waals surface area (Å²) in [6.07, 6.45) is 4.39. The van der Waals surface area contributed by atoms with Crippen molar-refractivity contribution in [3.05, 3.63) is 41.7 Å². The van der Waals surface area contributed by atoms with Crippen LogP contribution in [0.25, 0.3) is 0 Å². The summed E-state index contributed by atoms with van der Waals surface area (Å²) in [5, 5.41) is 22.3. The number of aliphatic hydroxyl groups excluding tert-OH is 1. The zero-order valence-electron chi connectivity index (χ0n) is 21.1. The molecule has 0 radical (unpaired) electrons. The number of pyridine rings is 1. The van der Waals surface area contributed by atoms with E-state index in [1.165, 1.54) is 0 Å². The van der Waals surface area contributed by atoms with Crippen molar-refractivity contribution >= 4 is 17.3 Å². The molecule has 1 amide bonds. The molecular weight excluding hydrogens is 472 g/mol. The van der Waals surface area contributed by atoms with E-state index < -0.39 is 0 Å². The van der Waals surface area contributed by atoms with E-state index in [1.807, 2.05) is 21.9 Å². The highest BCUT2D eigenvalue weighted by Crippen LogP contribution is 2.34. The molecule has 2 aromatic rings. The van der Waals surface area contributed by atoms with Crippen molar-refractivity contribution in [1.82, 2.24) is 15.2 Å². The first kappa shape index (κ1) is 25.3. The van der Waals surface area contributed by atoms with E-state index in [4.69, 9.17) is 9.47 Å². The molecule has 196 valence electrons. The maximum absolute atomic E-state index is 13.1. The lowest BCUT2D eigenvalue weighted by molar-refractivity contribution is -0.117. The summed E-state index contributed by atoms with van der Waals surface area (Å²) in [6, 6.07) is 10.1. The van der Waals surface area contributed by atoms with Gasteiger partial charge in [-0.3, -0.25) is 9.78 Å². The highest BCUT2D eigenvalue weighted by atomic mass is 16.6. The number of hydrogen-bond donors (Lipinski definition) is 2. The predicted octanol–water partition coefficient (Wildman–Crippen LogP) is 1.51. The molecule has 4 heterocycles. The van der Waals surface area contributed by atoms with Crippen molar-refractivity contribution in [3.63, 3.8) is 0 Å². The molecule has 3 aliphatic heterocycles. The largest absolute Gasteiger partial charge is 0.486 e. The minimum atomic E-state index is 0.0315. The zero-order valence-corrected chi connectivity index (χ0v) is 21.1. The Kier molecular flexibility index (Phi) is 8.04. The minimum Gasteiger partial charge on any atom is -0.486 e. The molecule has 1 fully saturated rings. The third kappa shape index (κ3) is 5.96. The van der Waals surface area contributed by atoms with Gasteiger partial charge in [0.1, 0.15) is 13.2 Å². The normalized spacial score (nSPS) is 18.0. The molecule has 0 saturated carbocycles. The number of carbonyl (C=O) groups is 1. The van der Waals surface area contributed by atoms with Gasteiger partial charge in [0.2, 0.25) is 5.91 Å². The second-order valence-corrected chi connectivity index (χ2v) is 9.68. The summed E-state index contributed by atoms with van der Waals surface area (Å²) in [5.41, 5.74) is 3.22. The number of nitrogens with one attached hydrogen (secondary N) is 1. The summed E-state index contributed by atoms with van der Waals surface area (Å²) < 4.78 is 11.2. The van der Waals surface area contributed by atoms with Gasteiger partial charge in [-0.2, -0.15) is 5.26 Å². The third-order valence-electron chi connectivity index (χ3n) is 7.24. The van der Waals surface area contributed by atoms with E-state index in [0.717, 1.165) is 55.3 Å². The van der Waals surface area contributed by atoms with Gasteiger partial charge >= 0.3 is 0 Å². The van der Waals surface area contributed by atoms with Crippen molar-refractivity contribution in [2.75, 3.05) is 68.9 Å². The smallest absolute Gasteiger partial charge is 0.246 e. The van der Waals surface area contributed by atoms with Crippen LogP contribution in [0.3, 0.4) is 0 Å². The Morgan fingerprint density at radius 2 is 1.89 bits per heavy atom. The molecule has 0 aliphatic carbocycles. The number of nitrogens with zero attached hydrogens (tertiary/aromatic N) is 5. The monoisotopic (exact) mass is 506 g/mol. The first-order valence-corrected chi connectivity index (χ1v) is 13.0. The van der Waals surface area contributed by atoms with Gasteiger partial charge in [0.15, 0.2) is 11.5 Å². The molecule has 5 rings (SSSR count). The number of hydrogen-bond acceptors (Lipinski definition) is 9. The van der Waals surface area contributed by atoms with Crippen LogP contribution >= 0.6 is 0 Å². The van der Waals surface area contributed by atoms with Gasteiger partial charge < -0.3 is 34.6 Å². The van der Waals surface area contributed by atoms with Gasteiger partial charge in [-0.25, -0.2) is 0 Å². The molecule has 1 saturated heterocycles. The molecule has 0 atom stereocenters. The Bertz CT molecular complexity index is 1140. The molecule has 0 bridgehead atoms. The van der Waals surface area contributed by atoms with Gasteiger partial charge in [-0.1, -0.05) is 0 Å². The summed E-state index contributed by atoms with van der Waals surface area (Å²) in [6.45, 7) is 6.10. The fraction of sp³-hybridized carbons (Fsp3) is 0.519. The van der Waals surface area contributed by atoms with Crippen LogP contribution in [0.2, 0.25) is 0 Å². The van der Waals surface area contributed by atoms with Crippen LogP contribution in [-0.2, 0) is 11.3 Å². The van der Waals surface area contributed by atoms with Gasteiger partial charge in [0.05, 0.1) is 41.4 Å². The van der Waals surface area contributed by atoms with E-state index in [0.29, 0.717) is 63.2 Å². The summed E-state index contributed by atoms with van der Waals surface area (Å²) in [7, 11) is 0. The lowest BCUT2D eigenvalue weighted by Gasteiger charge is -2.39. The lowest BCUT2D eigenvalue weighted by Crippen LogP contribution is -2.50. The summed E-state index contributed by atoms with van der Waals surface area (Å²) in [4.78, 5) is 23.8. The van der Waals surface area contributed by atoms with E-state index in [9.17, 15) is 15.2 Å². The number of likely N-dealkylation sites (tertiary alicyclic amines) is 1. The van der Waals surface area contributed by atoms with Crippen LogP contribution in [0.15, 0.2) is 30.5 Å². The predicted molar refractivity (Wildman–Crippen MR) is 139 cm³/mol. The number of amides is 1. The average Bonchev–Trinajstić information content (AvgIpc) is 2.94. The van der Waals surface area contributed by atoms with Crippen LogP contribution in [0.4, 0.5) is 11.4 Å². The van der Waals surface area contributed by atoms with E-state index in [2.05, 4.69) is 21.3 Å². The van der Waals surface area contributed by atoms with Crippen LogP contribution in [0.5, 0.6) is 11.5 Å². The third-order valence-corrected chi connectivity index (χ3v) is 7.24. The number of piperidine rings is 1. The molecular formula is C27H34N6O4. The van der Waals surface area contributed by atoms with Crippen molar-refractivity contribution < 1.29 is 19.4 Å². The fourth-order valence-electron chi connectivity index (χ4n) is 5.19. The molecule has 2 N–H and O–H groups in total. The molecule has 10 nitrogen and oxygen atoms in total. The van der Waals surface area contributed by atoms with Crippen molar-refractivity contribution in [2.24, 2.45) is 0 Å². The van der Waals surface area contributed by atoms with Gasteiger partial charge in [-0.15, -0.1) is 0 Å². The molecule has 1 aromatic heterocycles. The number of ether oxygens (including phenoxy) is 2. The van der Waals surface area contributed by atoms with Crippen molar-refractivity contribution in [2.45, 2.75) is 31.8 Å². The highest BCUT2D eigenvalue weighted by molar-refractivity contribution is 6.03. The number of fused-ring (bicyclic) bond motifs is 2. The summed E-state index contributed by atoms with van der Waals surface area (Å²) in [5.74, 6) is 1.50. The van der Waals surface area contributed by atoms with Gasteiger partial charge in [-0.05, 0) is 50.6 Å². The van der Waals surface area contributed by atoms with E-state index >= 15 is 0 Å². The molecule has 3 aliphatic rings. The van der Waals surface area contributed by atoms with E-state index in [1.54, 1.807) is 18.3 Å². The second kappa shape index (κ2) is 11.8. The van der Waals surface area contributed by atoms with Crippen LogP contribution in [0.1, 0.15) is 30.5 Å². The van der Waals surface area contributed by atoms with Crippen molar-refractivity contribution in [1.29, 1.82) is 5.26 Å². The molecule has 0 spiro atoms. The number of carbonyl (C=O) groups excluding carboxylic acids is 1. The Balaban J connectivity index is 1.13. The fourth-order valence-corrected chi connectivity index (χ4v) is 5.19. The number of aliphatic hydroxyl groups is 1. The van der Waals surface area contributed by atoms with Crippen molar-refractivity contribution in [3.8, 4) is 17.6 Å². The Morgan fingerprint density at radius 3 is 2.68 bits per heavy atom. The molecule has 37 heavy (non-hydrogen) atoms. The standard InChI is InChI=1S/C27H34N6O4/c28-16-20-2-3-23-24(14-20)33(27(35)19-32(23)6-1-11-34)10-9-31-7-4-21(5-8-31)29-17-22-15-25-26(18-30-22)37-13-12-36-25/h2-3,14-15,18,21,29,34H,1,4-13,17,19H2. The SMILES string of the molecule is N#Cc1ccc2c(c1)N(CCN1CCC(NCc3cc4c(cn3)OCCO4)CC1)C(=O)CN2CCCO. The second-order valence-electron chi connectivity index (χ2n) is 9.68. The number of benzene rings is 1. The number of nitriles is 1. The topological polar surface area (TPSA) is 114 Å². The van der Waals surface area contributed by atoms with Gasteiger partial charge in [0, 0.05) is 44.9 Å². The van der Waals surface area contributed by atoms with E-state index in [-0.39, 0.29) is 12.5 Å². The Hall–Kier alpha value is -3.39. The number of rotatable bonds is 9. The maximum Gasteiger partial charge on any atom is 0.246 e. The molecule has 0 unspecified atom stereocenters. The Labute approximate surface area is 217 Å². The maximum atomic E-state index is 13.1. The quantitative estimate of drug-likeness (QED) is 0.522. The number of aromatic nitrogens is 1. The molecule has 1 aromatic carbocycles. The lowest BCUT2D eigenvalue weighted by atomic mass is 10.0. The first-order valence-electron chi connectivity index (χ1n) is 13.0. The Morgan fingerprint density at radius 1 is 1.08 bits per heavy atom. The van der Waals surface area contributed by atoms with Gasteiger partial charge in [0.25, 0.3) is 0 Å². The number of anilines is 2. The zero-order chi connectivity index (χ0) is 25.6. The first-order chi connectivity index (χ1) is 18.1. The average molecular weight is 507 g/mol. The molecule has 10 heteroatoms. The van der Waals surface area contributed by atoms with Crippen LogP contribution in [-0.4, -0.2) is 86.0 Å². The minimum absolute atomic E-state index is 0.0315. The van der Waals surface area contributed by atoms with Crippen LogP contribution in [0, 0.1) is 11.3 Å². The highest BCUT2D eigenvalue weighted by Gasteiger charge is 2.30. The van der Waals surface area contributed by atoms with Crippen LogP contribution < -0.4 is 24.6 Å². The summed E-state index contributed by atoms with van der Waals surface area (Å²) >= 11 is 0.